The van der Waals surface area contributed by atoms with Gasteiger partial charge in [0.25, 0.3) is 5.91 Å². The molecule has 19 heavy (non-hydrogen) atoms. The zero-order chi connectivity index (χ0) is 13.7. The molecule has 0 aliphatic heterocycles. The predicted molar refractivity (Wildman–Crippen MR) is 71.5 cm³/mol. The summed E-state index contributed by atoms with van der Waals surface area (Å²) in [7, 11) is 0. The van der Waals surface area contributed by atoms with Gasteiger partial charge in [-0.2, -0.15) is 0 Å². The fourth-order valence-electron chi connectivity index (χ4n) is 1.68. The summed E-state index contributed by atoms with van der Waals surface area (Å²) >= 11 is 0. The maximum atomic E-state index is 11.9. The number of aromatic nitrogens is 1. The lowest BCUT2D eigenvalue weighted by Crippen LogP contribution is -2.20. The van der Waals surface area contributed by atoms with Gasteiger partial charge in [0.05, 0.1) is 12.1 Å². The number of carbonyl (C=O) groups is 2. The molecule has 1 heterocycles. The average Bonchev–Trinajstić information content (AvgIpc) is 2.40. The minimum Gasteiger partial charge on any atom is -0.364 e. The quantitative estimate of drug-likeness (QED) is 0.865. The molecule has 2 amide bonds. The molecular weight excluding hydrogens is 242 g/mol. The smallest absolute Gasteiger partial charge is 0.269 e. The summed E-state index contributed by atoms with van der Waals surface area (Å²) in [4.78, 5) is 26.9. The molecule has 96 valence electrons. The van der Waals surface area contributed by atoms with Gasteiger partial charge in [-0.1, -0.05) is 30.3 Å². The molecule has 3 N–H and O–H groups in total. The SMILES string of the molecule is NC(=O)c1ncccc1NC(=O)Cc1ccccc1. The number of carbonyl (C=O) groups excluding carboxylic acids is 2. The number of hydrogen-bond acceptors (Lipinski definition) is 3. The molecule has 0 aliphatic rings. The number of nitrogens with two attached hydrogens (primary N) is 1. The summed E-state index contributed by atoms with van der Waals surface area (Å²) < 4.78 is 0. The summed E-state index contributed by atoms with van der Waals surface area (Å²) in [5.41, 5.74) is 6.47. The van der Waals surface area contributed by atoms with Crippen molar-refractivity contribution in [3.63, 3.8) is 0 Å². The van der Waals surface area contributed by atoms with Crippen LogP contribution in [0.3, 0.4) is 0 Å². The van der Waals surface area contributed by atoms with E-state index in [0.29, 0.717) is 5.69 Å². The lowest BCUT2D eigenvalue weighted by molar-refractivity contribution is -0.115. The Hall–Kier alpha value is -2.69. The predicted octanol–water partition coefficient (Wildman–Crippen LogP) is 1.36. The Balaban J connectivity index is 2.09. The van der Waals surface area contributed by atoms with Crippen LogP contribution in [-0.4, -0.2) is 16.8 Å². The first-order valence-corrected chi connectivity index (χ1v) is 5.75. The van der Waals surface area contributed by atoms with Gasteiger partial charge in [0.2, 0.25) is 5.91 Å². The largest absolute Gasteiger partial charge is 0.364 e. The van der Waals surface area contributed by atoms with Crippen molar-refractivity contribution in [1.82, 2.24) is 4.98 Å². The number of anilines is 1. The molecule has 0 bridgehead atoms. The molecule has 2 rings (SSSR count). The first-order chi connectivity index (χ1) is 9.16. The number of benzene rings is 1. The molecule has 1 aromatic heterocycles. The van der Waals surface area contributed by atoms with Crippen molar-refractivity contribution in [2.75, 3.05) is 5.32 Å². The molecule has 5 nitrogen and oxygen atoms in total. The molecule has 2 aromatic rings. The van der Waals surface area contributed by atoms with Crippen molar-refractivity contribution < 1.29 is 9.59 Å². The Morgan fingerprint density at radius 3 is 2.53 bits per heavy atom. The molecular formula is C14H13N3O2. The second-order valence-corrected chi connectivity index (χ2v) is 3.97. The van der Waals surface area contributed by atoms with Crippen LogP contribution in [0.25, 0.3) is 0 Å². The van der Waals surface area contributed by atoms with Crippen molar-refractivity contribution in [3.05, 3.63) is 59.9 Å². The molecule has 0 spiro atoms. The van der Waals surface area contributed by atoms with Gasteiger partial charge in [-0.3, -0.25) is 9.59 Å². The molecule has 0 aliphatic carbocycles. The van der Waals surface area contributed by atoms with Crippen molar-refractivity contribution >= 4 is 17.5 Å². The van der Waals surface area contributed by atoms with Crippen LogP contribution in [0.1, 0.15) is 16.1 Å². The topological polar surface area (TPSA) is 85.1 Å². The van der Waals surface area contributed by atoms with Crippen LogP contribution in [0.15, 0.2) is 48.7 Å². The Morgan fingerprint density at radius 1 is 1.11 bits per heavy atom. The zero-order valence-electron chi connectivity index (χ0n) is 10.2. The highest BCUT2D eigenvalue weighted by Crippen LogP contribution is 2.12. The zero-order valence-corrected chi connectivity index (χ0v) is 10.2. The van der Waals surface area contributed by atoms with Crippen LogP contribution in [0.2, 0.25) is 0 Å². The minimum absolute atomic E-state index is 0.0592. The van der Waals surface area contributed by atoms with E-state index in [-0.39, 0.29) is 18.0 Å². The summed E-state index contributed by atoms with van der Waals surface area (Å²) in [6.45, 7) is 0. The molecule has 0 radical (unpaired) electrons. The summed E-state index contributed by atoms with van der Waals surface area (Å²) in [6, 6.07) is 12.5. The molecule has 1 aromatic carbocycles. The second kappa shape index (κ2) is 5.77. The lowest BCUT2D eigenvalue weighted by atomic mass is 10.1. The van der Waals surface area contributed by atoms with Crippen LogP contribution in [-0.2, 0) is 11.2 Å². The third kappa shape index (κ3) is 3.38. The Morgan fingerprint density at radius 2 is 1.84 bits per heavy atom. The summed E-state index contributed by atoms with van der Waals surface area (Å²) in [5, 5.41) is 2.64. The summed E-state index contributed by atoms with van der Waals surface area (Å²) in [6.07, 6.45) is 1.68. The Kier molecular flexibility index (Phi) is 3.87. The standard InChI is InChI=1S/C14H13N3O2/c15-14(19)13-11(7-4-8-16-13)17-12(18)9-10-5-2-1-3-6-10/h1-8H,9H2,(H2,15,19)(H,17,18). The number of nitrogens with zero attached hydrogens (tertiary/aromatic N) is 1. The molecule has 5 heteroatoms. The highest BCUT2D eigenvalue weighted by Gasteiger charge is 2.11. The lowest BCUT2D eigenvalue weighted by Gasteiger charge is -2.07. The van der Waals surface area contributed by atoms with E-state index in [1.807, 2.05) is 30.3 Å². The normalized spacial score (nSPS) is 9.89. The van der Waals surface area contributed by atoms with Crippen molar-refractivity contribution in [2.24, 2.45) is 5.73 Å². The van der Waals surface area contributed by atoms with Crippen LogP contribution < -0.4 is 11.1 Å². The average molecular weight is 255 g/mol. The highest BCUT2D eigenvalue weighted by atomic mass is 16.2. The fourth-order valence-corrected chi connectivity index (χ4v) is 1.68. The van der Waals surface area contributed by atoms with Gasteiger partial charge in [0.1, 0.15) is 0 Å². The van der Waals surface area contributed by atoms with E-state index in [4.69, 9.17) is 5.73 Å². The van der Waals surface area contributed by atoms with Gasteiger partial charge in [-0.25, -0.2) is 4.98 Å². The third-order valence-electron chi connectivity index (χ3n) is 2.52. The first-order valence-electron chi connectivity index (χ1n) is 5.75. The van der Waals surface area contributed by atoms with Gasteiger partial charge in [0, 0.05) is 6.20 Å². The van der Waals surface area contributed by atoms with E-state index in [2.05, 4.69) is 10.3 Å². The number of amides is 2. The molecule has 0 atom stereocenters. The number of rotatable bonds is 4. The summed E-state index contributed by atoms with van der Waals surface area (Å²) in [5.74, 6) is -0.891. The minimum atomic E-state index is -0.671. The van der Waals surface area contributed by atoms with E-state index in [1.165, 1.54) is 6.20 Å². The Labute approximate surface area is 110 Å². The van der Waals surface area contributed by atoms with Crippen molar-refractivity contribution in [2.45, 2.75) is 6.42 Å². The highest BCUT2D eigenvalue weighted by molar-refractivity contribution is 6.01. The first kappa shape index (κ1) is 12.8. The van der Waals surface area contributed by atoms with E-state index in [0.717, 1.165) is 5.56 Å². The van der Waals surface area contributed by atoms with Crippen LogP contribution in [0.5, 0.6) is 0 Å². The number of nitrogens with one attached hydrogen (secondary N) is 1. The fraction of sp³-hybridized carbons (Fsp3) is 0.0714. The second-order valence-electron chi connectivity index (χ2n) is 3.97. The van der Waals surface area contributed by atoms with E-state index in [1.54, 1.807) is 12.1 Å². The molecule has 0 fully saturated rings. The van der Waals surface area contributed by atoms with Crippen LogP contribution >= 0.6 is 0 Å². The maximum absolute atomic E-state index is 11.9. The van der Waals surface area contributed by atoms with Gasteiger partial charge in [-0.15, -0.1) is 0 Å². The van der Waals surface area contributed by atoms with E-state index in [9.17, 15) is 9.59 Å². The molecule has 0 unspecified atom stereocenters. The maximum Gasteiger partial charge on any atom is 0.269 e. The van der Waals surface area contributed by atoms with Gasteiger partial charge < -0.3 is 11.1 Å². The van der Waals surface area contributed by atoms with Crippen LogP contribution in [0, 0.1) is 0 Å². The number of primary amides is 1. The Bertz CT molecular complexity index is 597. The number of hydrogen-bond donors (Lipinski definition) is 2. The van der Waals surface area contributed by atoms with Crippen LogP contribution in [0.4, 0.5) is 5.69 Å². The molecule has 0 saturated carbocycles. The molecule has 0 saturated heterocycles. The van der Waals surface area contributed by atoms with Crippen molar-refractivity contribution in [1.29, 1.82) is 0 Å². The third-order valence-corrected chi connectivity index (χ3v) is 2.52. The number of pyridine rings is 1. The monoisotopic (exact) mass is 255 g/mol. The van der Waals surface area contributed by atoms with Gasteiger partial charge >= 0.3 is 0 Å². The van der Waals surface area contributed by atoms with Gasteiger partial charge in [0.15, 0.2) is 5.69 Å². The van der Waals surface area contributed by atoms with Crippen molar-refractivity contribution in [3.8, 4) is 0 Å². The van der Waals surface area contributed by atoms with Gasteiger partial charge in [-0.05, 0) is 17.7 Å². The van der Waals surface area contributed by atoms with E-state index < -0.39 is 5.91 Å². The van der Waals surface area contributed by atoms with E-state index >= 15 is 0 Å².